The van der Waals surface area contributed by atoms with Crippen LogP contribution in [-0.4, -0.2) is 71.2 Å². The van der Waals surface area contributed by atoms with Crippen molar-refractivity contribution in [1.82, 2.24) is 9.97 Å². The summed E-state index contributed by atoms with van der Waals surface area (Å²) in [7, 11) is 0. The van der Waals surface area contributed by atoms with Crippen molar-refractivity contribution < 1.29 is 59.8 Å². The molecule has 0 aliphatic carbocycles. The second-order valence-electron chi connectivity index (χ2n) is 15.1. The Hall–Kier alpha value is -6.18. The monoisotopic (exact) mass is 923 g/mol. The molecular weight excluding hydrogens is 860 g/mol. The van der Waals surface area contributed by atoms with Crippen molar-refractivity contribution in [3.05, 3.63) is 90.6 Å². The fourth-order valence-corrected chi connectivity index (χ4v) is 4.47. The van der Waals surface area contributed by atoms with Gasteiger partial charge < -0.3 is 26.1 Å². The summed E-state index contributed by atoms with van der Waals surface area (Å²) in [5.74, 6) is 0.440. The third-order valence-electron chi connectivity index (χ3n) is 7.34. The smallest absolute Gasteiger partial charge is 1.00 e. The van der Waals surface area contributed by atoms with Crippen LogP contribution < -0.4 is 35.2 Å². The van der Waals surface area contributed by atoms with Gasteiger partial charge in [-0.25, -0.2) is 19.6 Å². The maximum Gasteiger partial charge on any atom is 1.00 e. The first-order chi connectivity index (χ1) is 31.3. The number of rotatable bonds is 11. The number of hydrogen-bond acceptors (Lipinski definition) is 17. The second-order valence-corrected chi connectivity index (χ2v) is 15.1. The van der Waals surface area contributed by atoms with E-state index >= 15 is 0 Å². The molecule has 66 heavy (non-hydrogen) atoms. The van der Waals surface area contributed by atoms with Gasteiger partial charge in [0.25, 0.3) is 0 Å². The van der Waals surface area contributed by atoms with Crippen molar-refractivity contribution in [1.29, 1.82) is 5.26 Å². The summed E-state index contributed by atoms with van der Waals surface area (Å²) in [5.41, 5.74) is 7.39. The number of ether oxygens (including phenoxy) is 4. The summed E-state index contributed by atoms with van der Waals surface area (Å²) in [6.45, 7) is 16.0. The molecule has 2 aromatic carbocycles. The van der Waals surface area contributed by atoms with Gasteiger partial charge in [0, 0.05) is 27.4 Å². The molecule has 0 saturated carbocycles. The minimum Gasteiger partial charge on any atom is -1.00 e. The zero-order valence-electron chi connectivity index (χ0n) is 41.4. The average Bonchev–Trinajstić information content (AvgIpc) is 3.86. The number of nitrogens with one attached hydrogen (secondary N) is 2. The summed E-state index contributed by atoms with van der Waals surface area (Å²) in [6, 6.07) is 26.7. The molecule has 1 aliphatic heterocycles. The Morgan fingerprint density at radius 1 is 0.773 bits per heavy atom. The maximum atomic E-state index is 11.9. The van der Waals surface area contributed by atoms with Crippen molar-refractivity contribution in [2.75, 3.05) is 42.4 Å². The van der Waals surface area contributed by atoms with Crippen molar-refractivity contribution in [2.45, 2.75) is 98.7 Å². The van der Waals surface area contributed by atoms with Crippen LogP contribution in [-0.2, 0) is 35.0 Å². The van der Waals surface area contributed by atoms with Crippen LogP contribution in [0.3, 0.4) is 0 Å². The Labute approximate surface area is 408 Å². The number of nitrogens with zero attached hydrogens (tertiary/aromatic N) is 7. The number of ketones is 1. The molecule has 5 rings (SSSR count). The number of carbonyl (C=O) groups excluding carboxylic acids is 4. The molecule has 1 fully saturated rings. The van der Waals surface area contributed by atoms with Gasteiger partial charge in [-0.15, -0.1) is 10.2 Å². The molecule has 352 valence electrons. The molecule has 2 amide bonds. The van der Waals surface area contributed by atoms with Crippen LogP contribution in [0.25, 0.3) is 0 Å². The summed E-state index contributed by atoms with van der Waals surface area (Å²) in [4.78, 5) is 54.1. The molecule has 4 N–H and O–H groups in total. The van der Waals surface area contributed by atoms with E-state index < -0.39 is 23.4 Å². The zero-order chi connectivity index (χ0) is 49.4. The van der Waals surface area contributed by atoms with E-state index in [2.05, 4.69) is 58.4 Å². The number of anilines is 3. The standard InChI is InChI=1S/C20H24N4O3.C16H19N5O2.C5H7NO2.C4H8O.CH4S.Li.H/c1-5-15(25)13-17-16(24-23-14-9-7-6-8-10-14)11-12-18(21-17)22-19(26)27-20(2,3)4;1-16(2,3)23-15(22)19-13-10-9-12(14(17)18-13)21-20-11-7-5-4-6-8-11;1-2-5(7)8-4-3-6;1-2-4-5-3-1;1-2;;/h6-12H,5,13H2,1-4H3,(H,21,22,26);4-10H,1-3H3,(H3,17,18,19,22);2,4H2,1H3;1-4H2;2H,1H3;;/q;;;;;+1;-1/i;;;;1D;;. The number of carbonyl (C=O) groups is 4. The van der Waals surface area contributed by atoms with Gasteiger partial charge in [-0.1, -0.05) is 50.2 Å². The fraction of sp³-hybridized carbons (Fsp3) is 0.413. The van der Waals surface area contributed by atoms with E-state index in [-0.39, 0.29) is 62.9 Å². The van der Waals surface area contributed by atoms with E-state index in [1.165, 1.54) is 12.8 Å². The number of Topliss-reactive ketones (excluding diaryl/α,β-unsaturated/α-hetero) is 1. The van der Waals surface area contributed by atoms with E-state index in [0.29, 0.717) is 47.1 Å². The van der Waals surface area contributed by atoms with Crippen LogP contribution >= 0.6 is 12.6 Å². The zero-order valence-corrected chi connectivity index (χ0v) is 40.3. The summed E-state index contributed by atoms with van der Waals surface area (Å²) in [6.07, 6.45) is 2.38. The Morgan fingerprint density at radius 2 is 1.23 bits per heavy atom. The first kappa shape index (κ1) is 57.8. The molecule has 0 bridgehead atoms. The molecule has 4 aromatic rings. The van der Waals surface area contributed by atoms with Crippen molar-refractivity contribution in [2.24, 2.45) is 20.5 Å². The quantitative estimate of drug-likeness (QED) is 0.0362. The summed E-state index contributed by atoms with van der Waals surface area (Å²) < 4.78 is 25.7. The molecule has 1 saturated heterocycles. The molecule has 3 heterocycles. The number of thiol groups is 1. The average molecular weight is 924 g/mol. The van der Waals surface area contributed by atoms with Gasteiger partial charge in [-0.3, -0.25) is 20.2 Å². The summed E-state index contributed by atoms with van der Waals surface area (Å²) in [5, 5.41) is 29.5. The van der Waals surface area contributed by atoms with E-state index in [1.54, 1.807) is 85.7 Å². The molecule has 20 heteroatoms. The van der Waals surface area contributed by atoms with Gasteiger partial charge in [0.2, 0.25) is 0 Å². The van der Waals surface area contributed by atoms with Crippen LogP contribution in [0, 0.1) is 11.3 Å². The van der Waals surface area contributed by atoms with E-state index in [4.69, 9.17) is 26.6 Å². The molecule has 0 unspecified atom stereocenters. The maximum absolute atomic E-state index is 11.9. The first-order valence-corrected chi connectivity index (χ1v) is 21.2. The Balaban J connectivity index is 0. The normalized spacial score (nSPS) is 11.7. The fourth-order valence-electron chi connectivity index (χ4n) is 4.47. The van der Waals surface area contributed by atoms with E-state index in [9.17, 15) is 19.2 Å². The molecule has 1 aliphatic rings. The minimum atomic E-state index is -0.616. The van der Waals surface area contributed by atoms with E-state index in [1.807, 2.05) is 60.7 Å². The number of hydrogen-bond donors (Lipinski definition) is 4. The molecule has 0 atom stereocenters. The Morgan fingerprint density at radius 3 is 1.62 bits per heavy atom. The van der Waals surface area contributed by atoms with Crippen LogP contribution in [0.1, 0.15) is 89.6 Å². The SMILES string of the molecule is C1CCOC1.CC(C)(C)OC(=O)Nc1ccc(N=Nc2ccccc2)c(N)n1.CCC(=O)Cc1nc(NC(=O)OC(C)(C)C)ccc1N=Nc1ccccc1.CCC(=O)OCC#N.[2H]CS.[H-].[Li+]. The summed E-state index contributed by atoms with van der Waals surface area (Å²) >= 11 is 3.46. The largest absolute Gasteiger partial charge is 1.00 e. The number of nitrogen functional groups attached to an aromatic ring is 1. The predicted molar refractivity (Wildman–Crippen MR) is 256 cm³/mol. The predicted octanol–water partition coefficient (Wildman–Crippen LogP) is 8.71. The number of benzene rings is 2. The first-order valence-electron chi connectivity index (χ1n) is 21.3. The number of nitriles is 1. The van der Waals surface area contributed by atoms with Crippen LogP contribution in [0.4, 0.5) is 49.8 Å². The molecule has 18 nitrogen and oxygen atoms in total. The van der Waals surface area contributed by atoms with Gasteiger partial charge in [0.1, 0.15) is 46.1 Å². The molecular formula is C46H63LiN10O8S. The van der Waals surface area contributed by atoms with Crippen molar-refractivity contribution >= 4 is 76.8 Å². The number of azo groups is 2. The van der Waals surface area contributed by atoms with Gasteiger partial charge in [0.15, 0.2) is 12.4 Å². The third-order valence-corrected chi connectivity index (χ3v) is 7.34. The number of nitrogens with two attached hydrogens (primary N) is 1. The number of aromatic nitrogens is 2. The number of esters is 1. The number of amides is 2. The van der Waals surface area contributed by atoms with Gasteiger partial charge >= 0.3 is 37.0 Å². The van der Waals surface area contributed by atoms with Gasteiger partial charge in [-0.05, 0) is 109 Å². The second kappa shape index (κ2) is 33.3. The topological polar surface area (TPSA) is 254 Å². The third kappa shape index (κ3) is 28.6. The van der Waals surface area contributed by atoms with Crippen LogP contribution in [0.15, 0.2) is 105 Å². The van der Waals surface area contributed by atoms with Gasteiger partial charge in [0.05, 0.1) is 23.5 Å². The molecule has 0 radical (unpaired) electrons. The minimum absolute atomic E-state index is 0. The number of pyridine rings is 2. The molecule has 2 aromatic heterocycles. The van der Waals surface area contributed by atoms with Crippen LogP contribution in [0.5, 0.6) is 0 Å². The van der Waals surface area contributed by atoms with E-state index in [0.717, 1.165) is 13.2 Å². The van der Waals surface area contributed by atoms with Crippen molar-refractivity contribution in [3.8, 4) is 6.07 Å². The van der Waals surface area contributed by atoms with Crippen molar-refractivity contribution in [3.63, 3.8) is 0 Å². The molecule has 0 spiro atoms. The Kier molecular flexibility index (Phi) is 29.2. The Bertz CT molecular complexity index is 2180. The van der Waals surface area contributed by atoms with Crippen LogP contribution in [0.2, 0.25) is 0 Å². The van der Waals surface area contributed by atoms with Gasteiger partial charge in [-0.2, -0.15) is 28.1 Å².